The molecule has 1 heterocycles. The molecule has 0 fully saturated rings. The van der Waals surface area contributed by atoms with Gasteiger partial charge in [0.05, 0.1) is 11.2 Å². The number of halogens is 1. The topological polar surface area (TPSA) is 24.9 Å². The van der Waals surface area contributed by atoms with Gasteiger partial charge in [-0.3, -0.25) is 4.98 Å². The van der Waals surface area contributed by atoms with E-state index in [-0.39, 0.29) is 0 Å². The summed E-state index contributed by atoms with van der Waals surface area (Å²) in [5.41, 5.74) is 2.13. The van der Waals surface area contributed by atoms with E-state index < -0.39 is 0 Å². The molecular weight excluding hydrogens is 220 g/mol. The minimum atomic E-state index is 0.706. The second kappa shape index (κ2) is 5.83. The van der Waals surface area contributed by atoms with Crippen LogP contribution in [0.4, 0.5) is 0 Å². The van der Waals surface area contributed by atoms with E-state index in [1.54, 1.807) is 0 Å². The first kappa shape index (κ1) is 11.4. The highest BCUT2D eigenvalue weighted by atomic mass is 35.5. The third kappa shape index (κ3) is 2.94. The SMILES string of the molecule is ClCCCNCc1ccc2ccccc2n1. The van der Waals surface area contributed by atoms with E-state index in [0.29, 0.717) is 5.88 Å². The number of para-hydroxylation sites is 1. The lowest BCUT2D eigenvalue weighted by atomic mass is 10.2. The third-order valence-electron chi connectivity index (χ3n) is 2.45. The van der Waals surface area contributed by atoms with E-state index in [2.05, 4.69) is 28.5 Å². The summed E-state index contributed by atoms with van der Waals surface area (Å²) >= 11 is 5.61. The van der Waals surface area contributed by atoms with Crippen LogP contribution in [-0.4, -0.2) is 17.4 Å². The number of nitrogens with one attached hydrogen (secondary N) is 1. The van der Waals surface area contributed by atoms with E-state index in [1.807, 2.05) is 18.2 Å². The molecule has 1 aromatic carbocycles. The summed E-state index contributed by atoms with van der Waals surface area (Å²) in [5.74, 6) is 0.706. The van der Waals surface area contributed by atoms with Gasteiger partial charge in [-0.1, -0.05) is 24.3 Å². The van der Waals surface area contributed by atoms with Crippen LogP contribution in [0.5, 0.6) is 0 Å². The Hall–Kier alpha value is -1.12. The van der Waals surface area contributed by atoms with Gasteiger partial charge in [0, 0.05) is 17.8 Å². The van der Waals surface area contributed by atoms with Gasteiger partial charge in [0.2, 0.25) is 0 Å². The lowest BCUT2D eigenvalue weighted by Crippen LogP contribution is -2.15. The molecule has 1 aromatic heterocycles. The second-order valence-corrected chi connectivity index (χ2v) is 4.09. The number of hydrogen-bond acceptors (Lipinski definition) is 2. The molecule has 0 atom stereocenters. The normalized spacial score (nSPS) is 10.8. The largest absolute Gasteiger partial charge is 0.311 e. The molecule has 0 aliphatic rings. The minimum Gasteiger partial charge on any atom is -0.311 e. The fourth-order valence-corrected chi connectivity index (χ4v) is 1.75. The lowest BCUT2D eigenvalue weighted by Gasteiger charge is -2.04. The lowest BCUT2D eigenvalue weighted by molar-refractivity contribution is 0.668. The number of pyridine rings is 1. The van der Waals surface area contributed by atoms with Crippen LogP contribution in [0.2, 0.25) is 0 Å². The van der Waals surface area contributed by atoms with Crippen molar-refractivity contribution in [3.8, 4) is 0 Å². The summed E-state index contributed by atoms with van der Waals surface area (Å²) in [6.45, 7) is 1.75. The van der Waals surface area contributed by atoms with Crippen molar-refractivity contribution in [1.29, 1.82) is 0 Å². The molecule has 1 N–H and O–H groups in total. The van der Waals surface area contributed by atoms with Gasteiger partial charge in [-0.05, 0) is 25.1 Å². The van der Waals surface area contributed by atoms with Crippen LogP contribution in [-0.2, 0) is 6.54 Å². The van der Waals surface area contributed by atoms with Gasteiger partial charge >= 0.3 is 0 Å². The zero-order valence-electron chi connectivity index (χ0n) is 9.12. The maximum Gasteiger partial charge on any atom is 0.0705 e. The van der Waals surface area contributed by atoms with Crippen LogP contribution < -0.4 is 5.32 Å². The molecule has 0 bridgehead atoms. The molecule has 3 heteroatoms. The summed E-state index contributed by atoms with van der Waals surface area (Å²) in [7, 11) is 0. The first-order valence-electron chi connectivity index (χ1n) is 5.51. The predicted molar refractivity (Wildman–Crippen MR) is 68.8 cm³/mol. The standard InChI is InChI=1S/C13H15ClN2/c14-8-3-9-15-10-12-7-6-11-4-1-2-5-13(11)16-12/h1-2,4-7,15H,3,8-10H2. The van der Waals surface area contributed by atoms with E-state index in [9.17, 15) is 0 Å². The Balaban J connectivity index is 2.02. The van der Waals surface area contributed by atoms with Crippen molar-refractivity contribution in [1.82, 2.24) is 10.3 Å². The number of rotatable bonds is 5. The Labute approximate surface area is 101 Å². The first-order valence-corrected chi connectivity index (χ1v) is 6.05. The molecule has 2 rings (SSSR count). The van der Waals surface area contributed by atoms with Crippen LogP contribution in [0, 0.1) is 0 Å². The summed E-state index contributed by atoms with van der Waals surface area (Å²) in [5, 5.41) is 4.51. The number of aromatic nitrogens is 1. The molecule has 0 unspecified atom stereocenters. The minimum absolute atomic E-state index is 0.706. The van der Waals surface area contributed by atoms with Crippen molar-refractivity contribution in [3.63, 3.8) is 0 Å². The van der Waals surface area contributed by atoms with E-state index >= 15 is 0 Å². The second-order valence-electron chi connectivity index (χ2n) is 3.71. The van der Waals surface area contributed by atoms with Crippen LogP contribution in [0.15, 0.2) is 36.4 Å². The zero-order chi connectivity index (χ0) is 11.2. The maximum absolute atomic E-state index is 5.61. The number of fused-ring (bicyclic) bond motifs is 1. The number of hydrogen-bond donors (Lipinski definition) is 1. The van der Waals surface area contributed by atoms with Gasteiger partial charge in [-0.15, -0.1) is 11.6 Å². The molecule has 0 saturated heterocycles. The predicted octanol–water partition coefficient (Wildman–Crippen LogP) is 2.95. The van der Waals surface area contributed by atoms with Crippen LogP contribution in [0.3, 0.4) is 0 Å². The van der Waals surface area contributed by atoms with Crippen molar-refractivity contribution in [2.75, 3.05) is 12.4 Å². The molecule has 0 amide bonds. The molecule has 2 nitrogen and oxygen atoms in total. The Morgan fingerprint density at radius 3 is 2.88 bits per heavy atom. The smallest absolute Gasteiger partial charge is 0.0705 e. The van der Waals surface area contributed by atoms with E-state index in [1.165, 1.54) is 5.39 Å². The van der Waals surface area contributed by atoms with Gasteiger partial charge < -0.3 is 5.32 Å². The monoisotopic (exact) mass is 234 g/mol. The number of alkyl halides is 1. The summed E-state index contributed by atoms with van der Waals surface area (Å²) in [6, 6.07) is 12.3. The summed E-state index contributed by atoms with van der Waals surface area (Å²) < 4.78 is 0. The summed E-state index contributed by atoms with van der Waals surface area (Å²) in [6.07, 6.45) is 0.995. The Bertz CT molecular complexity index is 456. The fraction of sp³-hybridized carbons (Fsp3) is 0.308. The van der Waals surface area contributed by atoms with Crippen LogP contribution in [0.25, 0.3) is 10.9 Å². The average Bonchev–Trinajstić information content (AvgIpc) is 2.34. The van der Waals surface area contributed by atoms with Crippen LogP contribution in [0.1, 0.15) is 12.1 Å². The number of nitrogens with zero attached hydrogens (tertiary/aromatic N) is 1. The van der Waals surface area contributed by atoms with Gasteiger partial charge in [0.1, 0.15) is 0 Å². The van der Waals surface area contributed by atoms with Crippen molar-refractivity contribution >= 4 is 22.5 Å². The van der Waals surface area contributed by atoms with Crippen molar-refractivity contribution in [3.05, 3.63) is 42.1 Å². The van der Waals surface area contributed by atoms with E-state index in [0.717, 1.165) is 30.7 Å². The zero-order valence-corrected chi connectivity index (χ0v) is 9.87. The molecule has 16 heavy (non-hydrogen) atoms. The maximum atomic E-state index is 5.61. The Morgan fingerprint density at radius 2 is 2.00 bits per heavy atom. The molecule has 0 spiro atoms. The average molecular weight is 235 g/mol. The molecule has 0 saturated carbocycles. The molecule has 0 aliphatic heterocycles. The number of benzene rings is 1. The molecular formula is C13H15ClN2. The highest BCUT2D eigenvalue weighted by Crippen LogP contribution is 2.11. The van der Waals surface area contributed by atoms with Gasteiger partial charge in [-0.2, -0.15) is 0 Å². The van der Waals surface area contributed by atoms with E-state index in [4.69, 9.17) is 11.6 Å². The highest BCUT2D eigenvalue weighted by molar-refractivity contribution is 6.17. The fourth-order valence-electron chi connectivity index (χ4n) is 1.61. The van der Waals surface area contributed by atoms with Crippen molar-refractivity contribution in [2.45, 2.75) is 13.0 Å². The Morgan fingerprint density at radius 1 is 1.12 bits per heavy atom. The first-order chi connectivity index (χ1) is 7.90. The van der Waals surface area contributed by atoms with Crippen molar-refractivity contribution < 1.29 is 0 Å². The summed E-state index contributed by atoms with van der Waals surface area (Å²) in [4.78, 5) is 4.58. The molecule has 0 aliphatic carbocycles. The molecule has 2 aromatic rings. The Kier molecular flexibility index (Phi) is 4.14. The molecule has 84 valence electrons. The molecule has 0 radical (unpaired) electrons. The third-order valence-corrected chi connectivity index (χ3v) is 2.72. The van der Waals surface area contributed by atoms with Gasteiger partial charge in [0.15, 0.2) is 0 Å². The van der Waals surface area contributed by atoms with Crippen molar-refractivity contribution in [2.24, 2.45) is 0 Å². The van der Waals surface area contributed by atoms with Gasteiger partial charge in [-0.25, -0.2) is 0 Å². The quantitative estimate of drug-likeness (QED) is 0.636. The highest BCUT2D eigenvalue weighted by Gasteiger charge is 1.97. The van der Waals surface area contributed by atoms with Crippen LogP contribution >= 0.6 is 11.6 Å². The van der Waals surface area contributed by atoms with Gasteiger partial charge in [0.25, 0.3) is 0 Å².